The molecule has 1 saturated heterocycles. The molecule has 0 aromatic carbocycles. The van der Waals surface area contributed by atoms with Gasteiger partial charge in [0.1, 0.15) is 12.6 Å². The van der Waals surface area contributed by atoms with Crippen molar-refractivity contribution in [1.82, 2.24) is 15.1 Å². The van der Waals surface area contributed by atoms with E-state index in [4.69, 9.17) is 13.9 Å². The Bertz CT molecular complexity index is 495. The van der Waals surface area contributed by atoms with Crippen molar-refractivity contribution in [2.45, 2.75) is 32.5 Å². The number of rotatable bonds is 5. The van der Waals surface area contributed by atoms with Gasteiger partial charge in [-0.25, -0.2) is 4.79 Å². The maximum absolute atomic E-state index is 11.8. The summed E-state index contributed by atoms with van der Waals surface area (Å²) in [6.45, 7) is 4.68. The topological polar surface area (TPSA) is 95.6 Å². The molecule has 8 nitrogen and oxygen atoms in total. The Kier molecular flexibility index (Phi) is 4.33. The van der Waals surface area contributed by atoms with Crippen molar-refractivity contribution in [2.75, 3.05) is 19.8 Å². The molecule has 0 bridgehead atoms. The number of hydrogen-bond acceptors (Lipinski definition) is 6. The predicted octanol–water partition coefficient (Wildman–Crippen LogP) is -0.935. The van der Waals surface area contributed by atoms with Gasteiger partial charge in [-0.05, 0) is 6.92 Å². The fourth-order valence-corrected chi connectivity index (χ4v) is 1.95. The van der Waals surface area contributed by atoms with E-state index in [9.17, 15) is 9.59 Å². The first-order valence-corrected chi connectivity index (χ1v) is 6.13. The second-order valence-electron chi connectivity index (χ2n) is 4.25. The predicted molar refractivity (Wildman–Crippen MR) is 63.7 cm³/mol. The van der Waals surface area contributed by atoms with Crippen LogP contribution in [0.5, 0.6) is 0 Å². The Morgan fingerprint density at radius 1 is 1.58 bits per heavy atom. The summed E-state index contributed by atoms with van der Waals surface area (Å²) in [5, 5.41) is 6.56. The van der Waals surface area contributed by atoms with Crippen LogP contribution in [0.25, 0.3) is 0 Å². The Hall–Kier alpha value is -1.67. The summed E-state index contributed by atoms with van der Waals surface area (Å²) in [6.07, 6.45) is -0.148. The molecular formula is C11H17N3O5. The molecule has 1 aromatic rings. The van der Waals surface area contributed by atoms with Gasteiger partial charge >= 0.3 is 5.76 Å². The number of hydrogen-bond donors (Lipinski definition) is 1. The van der Waals surface area contributed by atoms with Crippen molar-refractivity contribution in [3.63, 3.8) is 0 Å². The molecule has 1 N–H and O–H groups in total. The minimum Gasteiger partial charge on any atom is -0.393 e. The van der Waals surface area contributed by atoms with Crippen LogP contribution < -0.4 is 11.1 Å². The summed E-state index contributed by atoms with van der Waals surface area (Å²) in [7, 11) is 0. The van der Waals surface area contributed by atoms with E-state index >= 15 is 0 Å². The third-order valence-corrected chi connectivity index (χ3v) is 2.76. The van der Waals surface area contributed by atoms with Crippen LogP contribution in [0.2, 0.25) is 0 Å². The third kappa shape index (κ3) is 3.42. The molecule has 0 spiro atoms. The number of nitrogens with zero attached hydrogens (tertiary/aromatic N) is 2. The van der Waals surface area contributed by atoms with Crippen molar-refractivity contribution in [3.05, 3.63) is 16.4 Å². The van der Waals surface area contributed by atoms with E-state index in [0.717, 1.165) is 4.68 Å². The fourth-order valence-electron chi connectivity index (χ4n) is 1.95. The summed E-state index contributed by atoms with van der Waals surface area (Å²) in [5.41, 5.74) is 0. The van der Waals surface area contributed by atoms with Crippen LogP contribution in [-0.2, 0) is 20.8 Å². The Labute approximate surface area is 109 Å². The molecule has 1 fully saturated rings. The average Bonchev–Trinajstić information content (AvgIpc) is 2.88. The smallest absolute Gasteiger partial charge is 0.393 e. The summed E-state index contributed by atoms with van der Waals surface area (Å²) >= 11 is 0. The molecule has 2 atom stereocenters. The number of amides is 1. The molecule has 19 heavy (non-hydrogen) atoms. The standard InChI is InChI=1S/C11H17N3O5/c1-3-18-9-6-17-5-8(9)12-10(15)4-14-11(16)19-7(2)13-14/h8-9H,3-6H2,1-2H3,(H,12,15)/t8-,9-/m1/s1. The van der Waals surface area contributed by atoms with E-state index in [1.807, 2.05) is 6.92 Å². The summed E-state index contributed by atoms with van der Waals surface area (Å²) in [4.78, 5) is 23.1. The highest BCUT2D eigenvalue weighted by molar-refractivity contribution is 5.76. The molecule has 0 radical (unpaired) electrons. The van der Waals surface area contributed by atoms with Crippen LogP contribution in [0.15, 0.2) is 9.21 Å². The van der Waals surface area contributed by atoms with Crippen LogP contribution in [0.4, 0.5) is 0 Å². The number of aryl methyl sites for hydroxylation is 1. The number of nitrogens with one attached hydrogen (secondary N) is 1. The van der Waals surface area contributed by atoms with Crippen molar-refractivity contribution in [1.29, 1.82) is 0 Å². The van der Waals surface area contributed by atoms with Crippen molar-refractivity contribution >= 4 is 5.91 Å². The first kappa shape index (κ1) is 13.8. The summed E-state index contributed by atoms with van der Waals surface area (Å²) in [6, 6.07) is -0.198. The van der Waals surface area contributed by atoms with Crippen molar-refractivity contribution in [2.24, 2.45) is 0 Å². The second kappa shape index (κ2) is 5.98. The van der Waals surface area contributed by atoms with Gasteiger partial charge in [0.2, 0.25) is 11.8 Å². The average molecular weight is 271 g/mol. The summed E-state index contributed by atoms with van der Waals surface area (Å²) in [5.74, 6) is -0.735. The highest BCUT2D eigenvalue weighted by Gasteiger charge is 2.30. The molecule has 106 valence electrons. The lowest BCUT2D eigenvalue weighted by molar-refractivity contribution is -0.123. The highest BCUT2D eigenvalue weighted by Crippen LogP contribution is 2.09. The lowest BCUT2D eigenvalue weighted by atomic mass is 10.2. The van der Waals surface area contributed by atoms with Gasteiger partial charge < -0.3 is 19.2 Å². The van der Waals surface area contributed by atoms with Gasteiger partial charge in [-0.1, -0.05) is 0 Å². The number of carbonyl (C=O) groups is 1. The van der Waals surface area contributed by atoms with Crippen LogP contribution in [-0.4, -0.2) is 47.7 Å². The van der Waals surface area contributed by atoms with Gasteiger partial charge in [0.25, 0.3) is 0 Å². The zero-order chi connectivity index (χ0) is 13.8. The van der Waals surface area contributed by atoms with Gasteiger partial charge in [-0.3, -0.25) is 4.79 Å². The third-order valence-electron chi connectivity index (χ3n) is 2.76. The zero-order valence-corrected chi connectivity index (χ0v) is 10.9. The molecule has 0 unspecified atom stereocenters. The van der Waals surface area contributed by atoms with Crippen LogP contribution >= 0.6 is 0 Å². The minimum absolute atomic E-state index is 0.148. The van der Waals surface area contributed by atoms with E-state index in [1.54, 1.807) is 6.92 Å². The maximum Gasteiger partial charge on any atom is 0.437 e. The van der Waals surface area contributed by atoms with E-state index in [0.29, 0.717) is 19.8 Å². The fraction of sp³-hybridized carbons (Fsp3) is 0.727. The van der Waals surface area contributed by atoms with Gasteiger partial charge in [-0.15, -0.1) is 5.10 Å². The van der Waals surface area contributed by atoms with Crippen molar-refractivity contribution in [3.8, 4) is 0 Å². The number of ether oxygens (including phenoxy) is 2. The van der Waals surface area contributed by atoms with Crippen LogP contribution in [0.1, 0.15) is 12.8 Å². The summed E-state index contributed by atoms with van der Waals surface area (Å²) < 4.78 is 16.4. The Morgan fingerprint density at radius 3 is 3.00 bits per heavy atom. The van der Waals surface area contributed by atoms with Crippen LogP contribution in [0.3, 0.4) is 0 Å². The van der Waals surface area contributed by atoms with E-state index in [2.05, 4.69) is 10.4 Å². The largest absolute Gasteiger partial charge is 0.437 e. The Morgan fingerprint density at radius 2 is 2.37 bits per heavy atom. The lowest BCUT2D eigenvalue weighted by Crippen LogP contribution is -2.45. The molecular weight excluding hydrogens is 254 g/mol. The molecule has 1 aliphatic rings. The molecule has 2 rings (SSSR count). The first-order valence-electron chi connectivity index (χ1n) is 6.13. The van der Waals surface area contributed by atoms with Gasteiger partial charge in [0.15, 0.2) is 0 Å². The number of carbonyl (C=O) groups excluding carboxylic acids is 1. The Balaban J connectivity index is 1.90. The van der Waals surface area contributed by atoms with E-state index in [-0.39, 0.29) is 30.5 Å². The quantitative estimate of drug-likeness (QED) is 0.743. The highest BCUT2D eigenvalue weighted by atomic mass is 16.5. The second-order valence-corrected chi connectivity index (χ2v) is 4.25. The van der Waals surface area contributed by atoms with Gasteiger partial charge in [-0.2, -0.15) is 4.68 Å². The minimum atomic E-state index is -0.642. The molecule has 8 heteroatoms. The molecule has 0 aliphatic carbocycles. The monoisotopic (exact) mass is 271 g/mol. The molecule has 1 aliphatic heterocycles. The lowest BCUT2D eigenvalue weighted by Gasteiger charge is -2.18. The van der Waals surface area contributed by atoms with Crippen molar-refractivity contribution < 1.29 is 18.7 Å². The molecule has 2 heterocycles. The van der Waals surface area contributed by atoms with E-state index in [1.165, 1.54) is 0 Å². The molecule has 1 amide bonds. The normalized spacial score (nSPS) is 22.6. The zero-order valence-electron chi connectivity index (χ0n) is 10.9. The molecule has 0 saturated carbocycles. The maximum atomic E-state index is 11.8. The number of aromatic nitrogens is 2. The SMILES string of the molecule is CCO[C@@H]1COC[C@H]1NC(=O)Cn1nc(C)oc1=O. The van der Waals surface area contributed by atoms with Crippen LogP contribution in [0, 0.1) is 6.92 Å². The molecule has 1 aromatic heterocycles. The van der Waals surface area contributed by atoms with E-state index < -0.39 is 5.76 Å². The van der Waals surface area contributed by atoms with Gasteiger partial charge in [0.05, 0.1) is 19.3 Å². The first-order chi connectivity index (χ1) is 9.10. The van der Waals surface area contributed by atoms with Gasteiger partial charge in [0, 0.05) is 13.5 Å².